The molecule has 0 amide bonds. The van der Waals surface area contributed by atoms with E-state index in [1.165, 1.54) is 0 Å². The van der Waals surface area contributed by atoms with Crippen molar-refractivity contribution in [2.45, 2.75) is 0 Å². The molecule has 4 nitrogen and oxygen atoms in total. The Hall–Kier alpha value is -2.36. The van der Waals surface area contributed by atoms with Gasteiger partial charge < -0.3 is 10.7 Å². The molecular formula is C12H10N4. The molecule has 3 N–H and O–H groups in total. The van der Waals surface area contributed by atoms with Crippen LogP contribution >= 0.6 is 0 Å². The molecular weight excluding hydrogens is 200 g/mol. The van der Waals surface area contributed by atoms with Gasteiger partial charge in [-0.15, -0.1) is 5.10 Å². The number of aromatic nitrogens is 3. The topological polar surface area (TPSA) is 67.6 Å². The van der Waals surface area contributed by atoms with Crippen molar-refractivity contribution in [3.63, 3.8) is 0 Å². The van der Waals surface area contributed by atoms with Gasteiger partial charge in [-0.1, -0.05) is 18.2 Å². The van der Waals surface area contributed by atoms with Crippen molar-refractivity contribution in [1.29, 1.82) is 0 Å². The number of nitrogens with two attached hydrogens (primary N) is 1. The molecule has 16 heavy (non-hydrogen) atoms. The number of fused-ring (bicyclic) bond motifs is 1. The molecule has 0 bridgehead atoms. The van der Waals surface area contributed by atoms with E-state index in [0.29, 0.717) is 0 Å². The molecule has 2 aromatic heterocycles. The lowest BCUT2D eigenvalue weighted by molar-refractivity contribution is 1.06. The van der Waals surface area contributed by atoms with Crippen molar-refractivity contribution in [2.24, 2.45) is 0 Å². The fourth-order valence-electron chi connectivity index (χ4n) is 1.83. The smallest absolute Gasteiger partial charge is 0.160 e. The van der Waals surface area contributed by atoms with Gasteiger partial charge in [-0.05, 0) is 12.1 Å². The van der Waals surface area contributed by atoms with E-state index in [0.717, 1.165) is 27.8 Å². The van der Waals surface area contributed by atoms with Crippen LogP contribution in [0, 0.1) is 0 Å². The van der Waals surface area contributed by atoms with E-state index in [2.05, 4.69) is 15.2 Å². The van der Waals surface area contributed by atoms with Crippen LogP contribution in [0.15, 0.2) is 42.7 Å². The zero-order chi connectivity index (χ0) is 11.0. The number of H-pyrrole nitrogens is 1. The first-order chi connectivity index (χ1) is 7.86. The zero-order valence-electron chi connectivity index (χ0n) is 8.51. The third kappa shape index (κ3) is 1.24. The fraction of sp³-hybridized carbons (Fsp3) is 0. The van der Waals surface area contributed by atoms with Crippen LogP contribution < -0.4 is 5.73 Å². The molecule has 0 unspecified atom stereocenters. The highest BCUT2D eigenvalue weighted by Crippen LogP contribution is 2.29. The van der Waals surface area contributed by atoms with Gasteiger partial charge in [-0.3, -0.25) is 0 Å². The minimum Gasteiger partial charge on any atom is -0.398 e. The molecule has 0 atom stereocenters. The van der Waals surface area contributed by atoms with Crippen molar-refractivity contribution in [3.05, 3.63) is 42.7 Å². The summed E-state index contributed by atoms with van der Waals surface area (Å²) in [6.45, 7) is 0. The van der Waals surface area contributed by atoms with E-state index in [1.807, 2.05) is 36.5 Å². The van der Waals surface area contributed by atoms with Crippen LogP contribution in [0.5, 0.6) is 0 Å². The first-order valence-electron chi connectivity index (χ1n) is 5.00. The Bertz CT molecular complexity index is 642. The number of hydrogen-bond acceptors (Lipinski definition) is 3. The summed E-state index contributed by atoms with van der Waals surface area (Å²) in [5.41, 5.74) is 9.47. The Morgan fingerprint density at radius 1 is 1.06 bits per heavy atom. The fourth-order valence-corrected chi connectivity index (χ4v) is 1.83. The number of para-hydroxylation sites is 1. The maximum absolute atomic E-state index is 5.95. The van der Waals surface area contributed by atoms with Gasteiger partial charge in [0.05, 0.1) is 6.20 Å². The number of hydrogen-bond donors (Lipinski definition) is 2. The van der Waals surface area contributed by atoms with Gasteiger partial charge >= 0.3 is 0 Å². The molecule has 4 heteroatoms. The van der Waals surface area contributed by atoms with Gasteiger partial charge in [0.2, 0.25) is 0 Å². The van der Waals surface area contributed by atoms with E-state index < -0.39 is 0 Å². The van der Waals surface area contributed by atoms with E-state index in [9.17, 15) is 0 Å². The number of benzene rings is 1. The summed E-state index contributed by atoms with van der Waals surface area (Å²) in [6.07, 6.45) is 3.59. The Morgan fingerprint density at radius 2 is 1.94 bits per heavy atom. The first kappa shape index (κ1) is 8.91. The minimum atomic E-state index is 0.748. The van der Waals surface area contributed by atoms with Crippen molar-refractivity contribution >= 4 is 16.7 Å². The first-order valence-corrected chi connectivity index (χ1v) is 5.00. The van der Waals surface area contributed by atoms with Crippen LogP contribution in [-0.4, -0.2) is 15.2 Å². The molecule has 0 radical (unpaired) electrons. The Morgan fingerprint density at radius 3 is 2.81 bits per heavy atom. The third-order valence-electron chi connectivity index (χ3n) is 2.61. The molecule has 0 saturated heterocycles. The van der Waals surface area contributed by atoms with Crippen LogP contribution in [0.4, 0.5) is 5.69 Å². The van der Waals surface area contributed by atoms with Gasteiger partial charge in [0.1, 0.15) is 0 Å². The molecule has 3 rings (SSSR count). The molecule has 2 heterocycles. The van der Waals surface area contributed by atoms with Crippen LogP contribution in [0.1, 0.15) is 0 Å². The molecule has 78 valence electrons. The highest BCUT2D eigenvalue weighted by molar-refractivity contribution is 5.95. The van der Waals surface area contributed by atoms with Gasteiger partial charge in [-0.2, -0.15) is 5.10 Å². The molecule has 0 aliphatic carbocycles. The molecule has 0 aliphatic rings. The van der Waals surface area contributed by atoms with E-state index >= 15 is 0 Å². The van der Waals surface area contributed by atoms with Gasteiger partial charge in [0.15, 0.2) is 5.65 Å². The summed E-state index contributed by atoms with van der Waals surface area (Å²) >= 11 is 0. The number of aromatic amines is 1. The molecule has 1 aromatic carbocycles. The van der Waals surface area contributed by atoms with Crippen molar-refractivity contribution < 1.29 is 0 Å². The summed E-state index contributed by atoms with van der Waals surface area (Å²) in [7, 11) is 0. The number of anilines is 1. The molecule has 0 aliphatic heterocycles. The summed E-state index contributed by atoms with van der Waals surface area (Å²) in [5.74, 6) is 0. The van der Waals surface area contributed by atoms with Crippen LogP contribution in [0.3, 0.4) is 0 Å². The normalized spacial score (nSPS) is 10.8. The van der Waals surface area contributed by atoms with Crippen molar-refractivity contribution in [2.75, 3.05) is 5.73 Å². The standard InChI is InChI=1S/C12H10N4/c13-11-4-2-1-3-8(11)10-7-15-16-12-9(10)5-6-14-12/h1-7H,13H2,(H,14,16)/i11+0. The summed E-state index contributed by atoms with van der Waals surface area (Å²) in [6, 6.07) is 9.73. The molecule has 0 spiro atoms. The minimum absolute atomic E-state index is 0.748. The predicted octanol–water partition coefficient (Wildman–Crippen LogP) is 2.21. The lowest BCUT2D eigenvalue weighted by Gasteiger charge is -2.05. The molecule has 3 aromatic rings. The highest BCUT2D eigenvalue weighted by Gasteiger charge is 2.08. The number of nitrogen functional groups attached to an aromatic ring is 1. The second-order valence-corrected chi connectivity index (χ2v) is 3.59. The van der Waals surface area contributed by atoms with Gasteiger partial charge in [0.25, 0.3) is 0 Å². The average Bonchev–Trinajstić information content (AvgIpc) is 2.77. The van der Waals surface area contributed by atoms with Crippen LogP contribution in [0.25, 0.3) is 22.2 Å². The number of nitrogens with zero attached hydrogens (tertiary/aromatic N) is 2. The molecule has 0 fully saturated rings. The Balaban J connectivity index is 2.34. The van der Waals surface area contributed by atoms with Gasteiger partial charge in [-0.25, -0.2) is 0 Å². The lowest BCUT2D eigenvalue weighted by Crippen LogP contribution is -1.91. The monoisotopic (exact) mass is 210 g/mol. The van der Waals surface area contributed by atoms with Gasteiger partial charge in [0, 0.05) is 28.4 Å². The zero-order valence-corrected chi connectivity index (χ0v) is 8.51. The quantitative estimate of drug-likeness (QED) is 0.605. The Kier molecular flexibility index (Phi) is 1.86. The van der Waals surface area contributed by atoms with E-state index in [-0.39, 0.29) is 0 Å². The lowest BCUT2D eigenvalue weighted by atomic mass is 10.0. The number of nitrogens with one attached hydrogen (secondary N) is 1. The largest absolute Gasteiger partial charge is 0.398 e. The summed E-state index contributed by atoms with van der Waals surface area (Å²) in [4.78, 5) is 3.03. The number of rotatable bonds is 1. The average molecular weight is 210 g/mol. The third-order valence-corrected chi connectivity index (χ3v) is 2.61. The SMILES string of the molecule is N[12c]1ccccc1-c1cnnc2[nH]ccc12. The second kappa shape index (κ2) is 3.34. The van der Waals surface area contributed by atoms with Crippen molar-refractivity contribution in [3.8, 4) is 11.1 Å². The summed E-state index contributed by atoms with van der Waals surface area (Å²) < 4.78 is 0. The molecule has 0 saturated carbocycles. The van der Waals surface area contributed by atoms with E-state index in [1.54, 1.807) is 6.20 Å². The summed E-state index contributed by atoms with van der Waals surface area (Å²) in [5, 5.41) is 9.01. The second-order valence-electron chi connectivity index (χ2n) is 3.59. The van der Waals surface area contributed by atoms with Crippen LogP contribution in [0.2, 0.25) is 0 Å². The maximum atomic E-state index is 5.95. The Labute approximate surface area is 92.1 Å². The highest BCUT2D eigenvalue weighted by atomic mass is 15.1. The van der Waals surface area contributed by atoms with Crippen molar-refractivity contribution in [1.82, 2.24) is 15.2 Å². The van der Waals surface area contributed by atoms with E-state index in [4.69, 9.17) is 5.73 Å². The maximum Gasteiger partial charge on any atom is 0.160 e. The van der Waals surface area contributed by atoms with Crippen LogP contribution in [-0.2, 0) is 0 Å². The predicted molar refractivity (Wildman–Crippen MR) is 63.7 cm³/mol.